The topological polar surface area (TPSA) is 26.0 Å². The van der Waals surface area contributed by atoms with Crippen molar-refractivity contribution in [1.29, 1.82) is 0 Å². The van der Waals surface area contributed by atoms with E-state index < -0.39 is 0 Å². The minimum Gasteiger partial charge on any atom is -0.436 e. The zero-order chi connectivity index (χ0) is 10.1. The van der Waals surface area contributed by atoms with Gasteiger partial charge in [0.2, 0.25) is 5.89 Å². The molecular formula is C13H9IrNO. The van der Waals surface area contributed by atoms with Crippen LogP contribution in [-0.4, -0.2) is 4.98 Å². The molecule has 0 saturated heterocycles. The molecule has 0 aliphatic heterocycles. The maximum atomic E-state index is 5.64. The summed E-state index contributed by atoms with van der Waals surface area (Å²) >= 11 is 0. The van der Waals surface area contributed by atoms with Crippen LogP contribution in [0.1, 0.15) is 0 Å². The maximum absolute atomic E-state index is 5.64. The number of nitrogens with zero attached hydrogens (tertiary/aromatic N) is 1. The molecule has 0 aliphatic carbocycles. The quantitative estimate of drug-likeness (QED) is 0.639. The van der Waals surface area contributed by atoms with E-state index in [-0.39, 0.29) is 20.1 Å². The number of benzene rings is 2. The second kappa shape index (κ2) is 4.60. The second-order valence-electron chi connectivity index (χ2n) is 3.35. The van der Waals surface area contributed by atoms with Gasteiger partial charge in [-0.2, -0.15) is 0 Å². The molecule has 0 N–H and O–H groups in total. The minimum absolute atomic E-state index is 0. The molecule has 0 aliphatic rings. The molecule has 3 rings (SSSR count). The Bertz CT molecular complexity index is 556. The van der Waals surface area contributed by atoms with Gasteiger partial charge in [0.25, 0.3) is 0 Å². The number of rotatable bonds is 1. The summed E-state index contributed by atoms with van der Waals surface area (Å²) in [6.45, 7) is 0. The largest absolute Gasteiger partial charge is 0.436 e. The van der Waals surface area contributed by atoms with Crippen LogP contribution in [0.5, 0.6) is 0 Å². The fourth-order valence-electron chi connectivity index (χ4n) is 1.58. The van der Waals surface area contributed by atoms with E-state index in [1.165, 1.54) is 0 Å². The van der Waals surface area contributed by atoms with Gasteiger partial charge in [-0.15, -0.1) is 0 Å². The number of oxazole rings is 1. The number of aromatic nitrogens is 1. The van der Waals surface area contributed by atoms with Crippen LogP contribution in [0.2, 0.25) is 0 Å². The van der Waals surface area contributed by atoms with E-state index in [9.17, 15) is 0 Å². The Kier molecular flexibility index (Phi) is 3.18. The third-order valence-electron chi connectivity index (χ3n) is 2.31. The van der Waals surface area contributed by atoms with Crippen molar-refractivity contribution >= 4 is 11.1 Å². The average molecular weight is 387 g/mol. The Balaban J connectivity index is 0.000000963. The summed E-state index contributed by atoms with van der Waals surface area (Å²) in [6.07, 6.45) is 0. The molecule has 1 heterocycles. The molecule has 1 aromatic heterocycles. The predicted molar refractivity (Wildman–Crippen MR) is 59.4 cm³/mol. The first-order valence-corrected chi connectivity index (χ1v) is 4.84. The Hall–Kier alpha value is -1.44. The Morgan fingerprint density at radius 1 is 0.812 bits per heavy atom. The van der Waals surface area contributed by atoms with Crippen molar-refractivity contribution in [3.63, 3.8) is 0 Å². The molecule has 0 saturated carbocycles. The van der Waals surface area contributed by atoms with Gasteiger partial charge in [0.1, 0.15) is 5.52 Å². The molecule has 81 valence electrons. The van der Waals surface area contributed by atoms with Crippen molar-refractivity contribution in [1.82, 2.24) is 4.98 Å². The van der Waals surface area contributed by atoms with Crippen LogP contribution in [-0.2, 0) is 20.1 Å². The third kappa shape index (κ3) is 1.92. The van der Waals surface area contributed by atoms with Gasteiger partial charge >= 0.3 is 0 Å². The normalized spacial score (nSPS) is 10.0. The van der Waals surface area contributed by atoms with Gasteiger partial charge < -0.3 is 4.42 Å². The molecule has 16 heavy (non-hydrogen) atoms. The van der Waals surface area contributed by atoms with E-state index in [1.54, 1.807) is 0 Å². The zero-order valence-electron chi connectivity index (χ0n) is 8.38. The fraction of sp³-hybridized carbons (Fsp3) is 0. The molecule has 0 spiro atoms. The summed E-state index contributed by atoms with van der Waals surface area (Å²) in [4.78, 5) is 4.42. The summed E-state index contributed by atoms with van der Waals surface area (Å²) in [6, 6.07) is 17.7. The van der Waals surface area contributed by atoms with Crippen molar-refractivity contribution in [2.45, 2.75) is 0 Å². The summed E-state index contributed by atoms with van der Waals surface area (Å²) < 4.78 is 5.64. The van der Waals surface area contributed by atoms with Gasteiger partial charge in [-0.05, 0) is 24.3 Å². The maximum Gasteiger partial charge on any atom is 0.227 e. The molecule has 3 aromatic rings. The van der Waals surface area contributed by atoms with Crippen LogP contribution in [0.15, 0.2) is 59.0 Å². The fourth-order valence-corrected chi connectivity index (χ4v) is 1.58. The van der Waals surface area contributed by atoms with Gasteiger partial charge in [0.15, 0.2) is 5.58 Å². The number of fused-ring (bicyclic) bond motifs is 1. The molecule has 0 unspecified atom stereocenters. The summed E-state index contributed by atoms with van der Waals surface area (Å²) in [5.74, 6) is 0.678. The van der Waals surface area contributed by atoms with Gasteiger partial charge in [0.05, 0.1) is 0 Å². The molecule has 2 nitrogen and oxygen atoms in total. The van der Waals surface area contributed by atoms with Gasteiger partial charge in [-0.1, -0.05) is 30.3 Å². The van der Waals surface area contributed by atoms with Crippen LogP contribution < -0.4 is 0 Å². The molecule has 0 atom stereocenters. The van der Waals surface area contributed by atoms with Crippen LogP contribution in [0.3, 0.4) is 0 Å². The van der Waals surface area contributed by atoms with E-state index >= 15 is 0 Å². The summed E-state index contributed by atoms with van der Waals surface area (Å²) in [5.41, 5.74) is 2.74. The zero-order valence-corrected chi connectivity index (χ0v) is 10.8. The SMILES string of the molecule is [Ir].c1ccc(-c2nc3ccccc3o2)cc1. The third-order valence-corrected chi connectivity index (χ3v) is 2.31. The van der Waals surface area contributed by atoms with Crippen molar-refractivity contribution in [3.8, 4) is 11.5 Å². The minimum atomic E-state index is 0. The standard InChI is InChI=1S/C13H9NO.Ir/c1-2-6-10(7-3-1)13-14-11-8-4-5-9-12(11)15-13;/h1-9H;. The first-order chi connectivity index (χ1) is 7.43. The average Bonchev–Trinajstić information content (AvgIpc) is 2.74. The van der Waals surface area contributed by atoms with Crippen LogP contribution in [0, 0.1) is 0 Å². The van der Waals surface area contributed by atoms with Gasteiger partial charge in [0, 0.05) is 25.7 Å². The molecular weight excluding hydrogens is 378 g/mol. The number of hydrogen-bond acceptors (Lipinski definition) is 2. The number of para-hydroxylation sites is 2. The van der Waals surface area contributed by atoms with Crippen LogP contribution in [0.25, 0.3) is 22.6 Å². The first-order valence-electron chi connectivity index (χ1n) is 4.84. The van der Waals surface area contributed by atoms with E-state index in [2.05, 4.69) is 4.98 Å². The number of hydrogen-bond donors (Lipinski definition) is 0. The second-order valence-corrected chi connectivity index (χ2v) is 3.35. The monoisotopic (exact) mass is 388 g/mol. The van der Waals surface area contributed by atoms with Crippen LogP contribution >= 0.6 is 0 Å². The van der Waals surface area contributed by atoms with Gasteiger partial charge in [-0.25, -0.2) is 4.98 Å². The van der Waals surface area contributed by atoms with E-state index in [4.69, 9.17) is 4.42 Å². The molecule has 2 aromatic carbocycles. The van der Waals surface area contributed by atoms with Crippen molar-refractivity contribution < 1.29 is 24.5 Å². The first kappa shape index (κ1) is 11.1. The predicted octanol–water partition coefficient (Wildman–Crippen LogP) is 3.49. The molecule has 0 fully saturated rings. The van der Waals surface area contributed by atoms with E-state index in [0.717, 1.165) is 16.7 Å². The molecule has 0 bridgehead atoms. The Morgan fingerprint density at radius 3 is 2.25 bits per heavy atom. The van der Waals surface area contributed by atoms with Gasteiger partial charge in [-0.3, -0.25) is 0 Å². The van der Waals surface area contributed by atoms with E-state index in [0.29, 0.717) is 5.89 Å². The summed E-state index contributed by atoms with van der Waals surface area (Å²) in [7, 11) is 0. The van der Waals surface area contributed by atoms with Crippen molar-refractivity contribution in [3.05, 3.63) is 54.6 Å². The smallest absolute Gasteiger partial charge is 0.227 e. The van der Waals surface area contributed by atoms with Crippen LogP contribution in [0.4, 0.5) is 0 Å². The molecule has 0 amide bonds. The molecule has 3 heteroatoms. The Morgan fingerprint density at radius 2 is 1.50 bits per heavy atom. The van der Waals surface area contributed by atoms with Crippen molar-refractivity contribution in [2.24, 2.45) is 0 Å². The molecule has 1 radical (unpaired) electrons. The Labute approximate surface area is 107 Å². The van der Waals surface area contributed by atoms with E-state index in [1.807, 2.05) is 54.6 Å². The summed E-state index contributed by atoms with van der Waals surface area (Å²) in [5, 5.41) is 0. The van der Waals surface area contributed by atoms with Crippen molar-refractivity contribution in [2.75, 3.05) is 0 Å².